The molecule has 1 aromatic carbocycles. The van der Waals surface area contributed by atoms with Crippen molar-refractivity contribution in [2.75, 3.05) is 37.7 Å². The quantitative estimate of drug-likeness (QED) is 0.584. The Kier molecular flexibility index (Phi) is 6.06. The van der Waals surface area contributed by atoms with Crippen LogP contribution in [0.4, 0.5) is 5.69 Å². The Morgan fingerprint density at radius 1 is 1.00 bits per heavy atom. The molecule has 2 fully saturated rings. The van der Waals surface area contributed by atoms with Crippen molar-refractivity contribution in [1.29, 1.82) is 0 Å². The van der Waals surface area contributed by atoms with Gasteiger partial charge in [0, 0.05) is 25.2 Å². The maximum atomic E-state index is 12.2. The van der Waals surface area contributed by atoms with Crippen LogP contribution >= 0.6 is 0 Å². The van der Waals surface area contributed by atoms with E-state index in [1.807, 2.05) is 0 Å². The molecule has 0 aliphatic carbocycles. The third kappa shape index (κ3) is 4.78. The Hall–Kier alpha value is -1.48. The SMILES string of the molecule is O=C1CCCN1c1ccc(S(=O)(=O)NOCCN2CCCCC2)cc1. The Bertz CT molecular complexity index is 684. The number of hydrogen-bond acceptors (Lipinski definition) is 5. The van der Waals surface area contributed by atoms with E-state index in [0.717, 1.165) is 31.7 Å². The lowest BCUT2D eigenvalue weighted by molar-refractivity contribution is -0.117. The fourth-order valence-electron chi connectivity index (χ4n) is 3.25. The zero-order chi connectivity index (χ0) is 17.7. The first-order valence-corrected chi connectivity index (χ1v) is 10.3. The number of amides is 1. The summed E-state index contributed by atoms with van der Waals surface area (Å²) >= 11 is 0. The minimum Gasteiger partial charge on any atom is -0.312 e. The Labute approximate surface area is 148 Å². The molecule has 0 aromatic heterocycles. The van der Waals surface area contributed by atoms with Gasteiger partial charge >= 0.3 is 0 Å². The van der Waals surface area contributed by atoms with Gasteiger partial charge in [0.05, 0.1) is 11.5 Å². The molecule has 1 N–H and O–H groups in total. The third-order valence-corrected chi connectivity index (χ3v) is 5.89. The van der Waals surface area contributed by atoms with Crippen molar-refractivity contribution >= 4 is 21.6 Å². The van der Waals surface area contributed by atoms with E-state index in [9.17, 15) is 13.2 Å². The normalized spacial score (nSPS) is 19.5. The summed E-state index contributed by atoms with van der Waals surface area (Å²) in [4.78, 5) is 23.2. The molecule has 138 valence electrons. The van der Waals surface area contributed by atoms with Gasteiger partial charge in [-0.05, 0) is 56.6 Å². The van der Waals surface area contributed by atoms with Gasteiger partial charge in [0.2, 0.25) is 5.91 Å². The van der Waals surface area contributed by atoms with Gasteiger partial charge in [0.25, 0.3) is 10.0 Å². The number of carbonyl (C=O) groups is 1. The molecule has 2 aliphatic rings. The highest BCUT2D eigenvalue weighted by Gasteiger charge is 2.22. The summed E-state index contributed by atoms with van der Waals surface area (Å²) in [5.74, 6) is 0.0785. The zero-order valence-electron chi connectivity index (χ0n) is 14.3. The van der Waals surface area contributed by atoms with Gasteiger partial charge in [-0.15, -0.1) is 0 Å². The number of piperidine rings is 1. The first-order chi connectivity index (χ1) is 12.1. The molecule has 25 heavy (non-hydrogen) atoms. The topological polar surface area (TPSA) is 79.0 Å². The van der Waals surface area contributed by atoms with Crippen LogP contribution in [-0.2, 0) is 19.7 Å². The van der Waals surface area contributed by atoms with E-state index in [2.05, 4.69) is 9.79 Å². The van der Waals surface area contributed by atoms with Crippen molar-refractivity contribution in [3.63, 3.8) is 0 Å². The fraction of sp³-hybridized carbons (Fsp3) is 0.588. The lowest BCUT2D eigenvalue weighted by atomic mass is 10.1. The van der Waals surface area contributed by atoms with Gasteiger partial charge in [-0.2, -0.15) is 0 Å². The molecule has 0 unspecified atom stereocenters. The summed E-state index contributed by atoms with van der Waals surface area (Å²) < 4.78 is 24.5. The van der Waals surface area contributed by atoms with Crippen LogP contribution in [0.25, 0.3) is 0 Å². The molecule has 7 nitrogen and oxygen atoms in total. The molecular weight excluding hydrogens is 342 g/mol. The number of anilines is 1. The van der Waals surface area contributed by atoms with E-state index in [1.165, 1.54) is 31.4 Å². The summed E-state index contributed by atoms with van der Waals surface area (Å²) in [6.07, 6.45) is 5.04. The van der Waals surface area contributed by atoms with E-state index in [0.29, 0.717) is 19.6 Å². The second-order valence-electron chi connectivity index (χ2n) is 6.48. The van der Waals surface area contributed by atoms with Crippen molar-refractivity contribution in [3.05, 3.63) is 24.3 Å². The highest BCUT2D eigenvalue weighted by molar-refractivity contribution is 7.89. The summed E-state index contributed by atoms with van der Waals surface area (Å²) in [6.45, 7) is 3.82. The molecule has 0 radical (unpaired) electrons. The molecule has 1 amide bonds. The zero-order valence-corrected chi connectivity index (χ0v) is 15.1. The predicted molar refractivity (Wildman–Crippen MR) is 94.6 cm³/mol. The number of nitrogens with one attached hydrogen (secondary N) is 1. The Morgan fingerprint density at radius 2 is 1.72 bits per heavy atom. The van der Waals surface area contributed by atoms with Crippen LogP contribution in [0.15, 0.2) is 29.2 Å². The molecular formula is C17H25N3O4S. The first kappa shape index (κ1) is 18.3. The second kappa shape index (κ2) is 8.27. The van der Waals surface area contributed by atoms with Crippen molar-refractivity contribution in [1.82, 2.24) is 9.79 Å². The minimum atomic E-state index is -3.71. The van der Waals surface area contributed by atoms with Crippen LogP contribution in [0.5, 0.6) is 0 Å². The monoisotopic (exact) mass is 367 g/mol. The highest BCUT2D eigenvalue weighted by atomic mass is 32.2. The Balaban J connectivity index is 1.50. The van der Waals surface area contributed by atoms with E-state index in [1.54, 1.807) is 17.0 Å². The van der Waals surface area contributed by atoms with Crippen LogP contribution in [0.1, 0.15) is 32.1 Å². The maximum absolute atomic E-state index is 12.2. The fourth-order valence-corrected chi connectivity index (χ4v) is 4.08. The van der Waals surface area contributed by atoms with Gasteiger partial charge in [0.15, 0.2) is 0 Å². The van der Waals surface area contributed by atoms with Crippen LogP contribution in [0.3, 0.4) is 0 Å². The largest absolute Gasteiger partial charge is 0.312 e. The number of benzene rings is 1. The molecule has 0 bridgehead atoms. The average Bonchev–Trinajstić information content (AvgIpc) is 3.06. The molecule has 2 saturated heterocycles. The van der Waals surface area contributed by atoms with E-state index in [4.69, 9.17) is 4.84 Å². The van der Waals surface area contributed by atoms with Crippen LogP contribution < -0.4 is 9.79 Å². The molecule has 2 heterocycles. The molecule has 0 atom stereocenters. The smallest absolute Gasteiger partial charge is 0.262 e. The maximum Gasteiger partial charge on any atom is 0.262 e. The van der Waals surface area contributed by atoms with Crippen molar-refractivity contribution in [2.24, 2.45) is 0 Å². The molecule has 1 aromatic rings. The van der Waals surface area contributed by atoms with Gasteiger partial charge in [-0.1, -0.05) is 11.3 Å². The number of carbonyl (C=O) groups excluding carboxylic acids is 1. The molecule has 0 saturated carbocycles. The van der Waals surface area contributed by atoms with E-state index >= 15 is 0 Å². The lowest BCUT2D eigenvalue weighted by Crippen LogP contribution is -2.35. The van der Waals surface area contributed by atoms with Crippen LogP contribution in [0, 0.1) is 0 Å². The number of likely N-dealkylation sites (tertiary alicyclic amines) is 1. The average molecular weight is 367 g/mol. The number of hydrogen-bond donors (Lipinski definition) is 1. The van der Waals surface area contributed by atoms with Gasteiger partial charge in [-0.3, -0.25) is 9.63 Å². The lowest BCUT2D eigenvalue weighted by Gasteiger charge is -2.25. The van der Waals surface area contributed by atoms with Crippen LogP contribution in [-0.4, -0.2) is 52.0 Å². The first-order valence-electron chi connectivity index (χ1n) is 8.83. The van der Waals surface area contributed by atoms with Gasteiger partial charge in [-0.25, -0.2) is 8.42 Å². The van der Waals surface area contributed by atoms with Gasteiger partial charge in [0.1, 0.15) is 0 Å². The number of nitrogens with zero attached hydrogens (tertiary/aromatic N) is 2. The molecule has 0 spiro atoms. The third-order valence-electron chi connectivity index (χ3n) is 4.66. The summed E-state index contributed by atoms with van der Waals surface area (Å²) in [5.41, 5.74) is 0.729. The highest BCUT2D eigenvalue weighted by Crippen LogP contribution is 2.22. The van der Waals surface area contributed by atoms with E-state index in [-0.39, 0.29) is 10.8 Å². The minimum absolute atomic E-state index is 0.0785. The van der Waals surface area contributed by atoms with Crippen LogP contribution in [0.2, 0.25) is 0 Å². The Morgan fingerprint density at radius 3 is 2.36 bits per heavy atom. The summed E-state index contributed by atoms with van der Waals surface area (Å²) in [6, 6.07) is 6.31. The standard InChI is InChI=1S/C17H25N3O4S/c21-17-5-4-12-20(17)15-6-8-16(9-7-15)25(22,23)18-24-14-13-19-10-2-1-3-11-19/h6-9,18H,1-5,10-14H2. The predicted octanol–water partition coefficient (Wildman–Crippen LogP) is 1.51. The summed E-state index contributed by atoms with van der Waals surface area (Å²) in [7, 11) is -3.71. The van der Waals surface area contributed by atoms with Crippen molar-refractivity contribution < 1.29 is 18.0 Å². The second-order valence-corrected chi connectivity index (χ2v) is 8.13. The van der Waals surface area contributed by atoms with Gasteiger partial charge < -0.3 is 9.80 Å². The van der Waals surface area contributed by atoms with Crippen molar-refractivity contribution in [2.45, 2.75) is 37.0 Å². The molecule has 2 aliphatic heterocycles. The number of rotatable bonds is 7. The molecule has 8 heteroatoms. The van der Waals surface area contributed by atoms with Crippen molar-refractivity contribution in [3.8, 4) is 0 Å². The summed E-state index contributed by atoms with van der Waals surface area (Å²) in [5, 5.41) is 0. The molecule has 3 rings (SSSR count). The number of sulfonamides is 1. The van der Waals surface area contributed by atoms with E-state index < -0.39 is 10.0 Å².